The lowest BCUT2D eigenvalue weighted by molar-refractivity contribution is -0.192. The Balaban J connectivity index is 0.000000426. The molecule has 0 unspecified atom stereocenters. The monoisotopic (exact) mass is 550 g/mol. The summed E-state index contributed by atoms with van der Waals surface area (Å²) in [4.78, 5) is 26.3. The van der Waals surface area contributed by atoms with Crippen LogP contribution in [-0.2, 0) is 30.7 Å². The third kappa shape index (κ3) is 5.78. The largest absolute Gasteiger partial charge is 0.496 e. The first-order valence-corrected chi connectivity index (χ1v) is 12.2. The topological polar surface area (TPSA) is 98.8 Å². The molecule has 2 N–H and O–H groups in total. The van der Waals surface area contributed by atoms with Crippen LogP contribution < -0.4 is 4.74 Å². The van der Waals surface area contributed by atoms with Gasteiger partial charge in [-0.2, -0.15) is 18.3 Å². The van der Waals surface area contributed by atoms with Gasteiger partial charge in [0.25, 0.3) is 5.91 Å². The Bertz CT molecular complexity index is 1360. The van der Waals surface area contributed by atoms with Gasteiger partial charge in [-0.25, -0.2) is 4.79 Å². The number of carboxylic acid groups (broad SMARTS) is 1. The molecule has 3 heterocycles. The number of halogens is 4. The van der Waals surface area contributed by atoms with E-state index in [9.17, 15) is 18.0 Å². The van der Waals surface area contributed by atoms with Gasteiger partial charge in [0.2, 0.25) is 0 Å². The summed E-state index contributed by atoms with van der Waals surface area (Å²) < 4.78 is 37.1. The second kappa shape index (κ2) is 11.0. The molecule has 0 saturated heterocycles. The number of methoxy groups -OCH3 is 1. The van der Waals surface area contributed by atoms with E-state index < -0.39 is 12.1 Å². The van der Waals surface area contributed by atoms with Gasteiger partial charge in [-0.3, -0.25) is 14.8 Å². The van der Waals surface area contributed by atoms with Crippen molar-refractivity contribution in [1.82, 2.24) is 20.0 Å². The third-order valence-corrected chi connectivity index (χ3v) is 6.77. The zero-order valence-electron chi connectivity index (χ0n) is 20.7. The Hall–Kier alpha value is -3.57. The number of fused-ring (bicyclic) bond motifs is 2. The lowest BCUT2D eigenvalue weighted by atomic mass is 9.96. The number of hydrogen-bond acceptors (Lipinski definition) is 5. The summed E-state index contributed by atoms with van der Waals surface area (Å²) in [5.41, 5.74) is 7.86. The predicted octanol–water partition coefficient (Wildman–Crippen LogP) is 4.56. The van der Waals surface area contributed by atoms with Crippen LogP contribution in [0.25, 0.3) is 11.3 Å². The first-order chi connectivity index (χ1) is 18.0. The van der Waals surface area contributed by atoms with Crippen LogP contribution >= 0.6 is 11.6 Å². The van der Waals surface area contributed by atoms with E-state index >= 15 is 0 Å². The predicted molar refractivity (Wildman–Crippen MR) is 134 cm³/mol. The van der Waals surface area contributed by atoms with Crippen LogP contribution in [0.15, 0.2) is 36.4 Å². The van der Waals surface area contributed by atoms with Crippen molar-refractivity contribution < 1.29 is 32.6 Å². The number of benzene rings is 2. The smallest absolute Gasteiger partial charge is 0.490 e. The lowest BCUT2D eigenvalue weighted by Crippen LogP contribution is -2.33. The molecule has 1 aromatic heterocycles. The van der Waals surface area contributed by atoms with E-state index in [2.05, 4.69) is 35.2 Å². The van der Waals surface area contributed by atoms with Crippen LogP contribution in [0.4, 0.5) is 13.2 Å². The van der Waals surface area contributed by atoms with Crippen LogP contribution in [0.3, 0.4) is 0 Å². The molecule has 0 saturated carbocycles. The summed E-state index contributed by atoms with van der Waals surface area (Å²) in [6.45, 7) is 3.18. The van der Waals surface area contributed by atoms with Crippen molar-refractivity contribution in [1.29, 1.82) is 0 Å². The van der Waals surface area contributed by atoms with Crippen molar-refractivity contribution in [2.45, 2.75) is 32.1 Å². The van der Waals surface area contributed by atoms with Gasteiger partial charge in [0, 0.05) is 54.4 Å². The van der Waals surface area contributed by atoms with Crippen molar-refractivity contribution in [2.75, 3.05) is 27.2 Å². The Morgan fingerprint density at radius 2 is 1.82 bits per heavy atom. The van der Waals surface area contributed by atoms with E-state index in [0.717, 1.165) is 37.3 Å². The molecule has 0 atom stereocenters. The summed E-state index contributed by atoms with van der Waals surface area (Å²) in [6, 6.07) is 11.6. The maximum absolute atomic E-state index is 13.2. The lowest BCUT2D eigenvalue weighted by Gasteiger charge is -2.21. The van der Waals surface area contributed by atoms with Gasteiger partial charge in [-0.05, 0) is 42.8 Å². The molecular formula is C26H26ClF3N4O4. The van der Waals surface area contributed by atoms with Gasteiger partial charge in [-0.1, -0.05) is 29.8 Å². The SMILES string of the molecule is COc1cc(Cl)ccc1C(=O)N1CCc2[nH]nc(-c3cccc4c3CN(C)C4)c2CC1.O=C(O)C(F)(F)F. The molecule has 0 aliphatic carbocycles. The highest BCUT2D eigenvalue weighted by Gasteiger charge is 2.38. The number of aliphatic carboxylic acids is 1. The zero-order valence-corrected chi connectivity index (χ0v) is 21.5. The van der Waals surface area contributed by atoms with Crippen molar-refractivity contribution in [2.24, 2.45) is 0 Å². The van der Waals surface area contributed by atoms with Gasteiger partial charge < -0.3 is 14.7 Å². The summed E-state index contributed by atoms with van der Waals surface area (Å²) in [7, 11) is 3.70. The van der Waals surface area contributed by atoms with Crippen molar-refractivity contribution >= 4 is 23.5 Å². The second-order valence-corrected chi connectivity index (χ2v) is 9.52. The quantitative estimate of drug-likeness (QED) is 0.496. The molecule has 0 radical (unpaired) electrons. The third-order valence-electron chi connectivity index (χ3n) is 6.54. The number of nitrogens with zero attached hydrogens (tertiary/aromatic N) is 3. The van der Waals surface area contributed by atoms with Crippen LogP contribution in [0.5, 0.6) is 5.75 Å². The Morgan fingerprint density at radius 3 is 2.50 bits per heavy atom. The molecule has 0 bridgehead atoms. The number of ether oxygens (including phenoxy) is 1. The van der Waals surface area contributed by atoms with Crippen LogP contribution in [0, 0.1) is 0 Å². The number of carbonyl (C=O) groups excluding carboxylic acids is 1. The zero-order chi connectivity index (χ0) is 27.6. The number of H-pyrrole nitrogens is 1. The fourth-order valence-electron chi connectivity index (χ4n) is 4.73. The molecule has 3 aromatic rings. The highest BCUT2D eigenvalue weighted by Crippen LogP contribution is 2.35. The molecule has 2 aliphatic heterocycles. The highest BCUT2D eigenvalue weighted by atomic mass is 35.5. The van der Waals surface area contributed by atoms with Crippen LogP contribution in [0.2, 0.25) is 5.02 Å². The summed E-state index contributed by atoms with van der Waals surface area (Å²) in [5.74, 6) is -2.28. The highest BCUT2D eigenvalue weighted by molar-refractivity contribution is 6.30. The number of rotatable bonds is 3. The van der Waals surface area contributed by atoms with Gasteiger partial charge in [0.1, 0.15) is 5.75 Å². The van der Waals surface area contributed by atoms with E-state index in [1.165, 1.54) is 22.3 Å². The molecule has 202 valence electrons. The van der Waals surface area contributed by atoms with E-state index in [1.807, 2.05) is 4.90 Å². The average Bonchev–Trinajstić information content (AvgIpc) is 3.38. The molecule has 0 spiro atoms. The van der Waals surface area contributed by atoms with Crippen molar-refractivity contribution in [3.05, 3.63) is 69.4 Å². The number of hydrogen-bond donors (Lipinski definition) is 2. The van der Waals surface area contributed by atoms with Crippen LogP contribution in [0.1, 0.15) is 32.7 Å². The fourth-order valence-corrected chi connectivity index (χ4v) is 4.89. The maximum atomic E-state index is 13.2. The molecule has 0 fully saturated rings. The minimum Gasteiger partial charge on any atom is -0.496 e. The van der Waals surface area contributed by atoms with Gasteiger partial charge in [-0.15, -0.1) is 0 Å². The number of nitrogens with one attached hydrogen (secondary N) is 1. The molecular weight excluding hydrogens is 525 g/mol. The fraction of sp³-hybridized carbons (Fsp3) is 0.346. The molecule has 8 nitrogen and oxygen atoms in total. The van der Waals surface area contributed by atoms with Crippen LogP contribution in [-0.4, -0.2) is 70.4 Å². The average molecular weight is 551 g/mol. The maximum Gasteiger partial charge on any atom is 0.490 e. The second-order valence-electron chi connectivity index (χ2n) is 9.08. The van der Waals surface area contributed by atoms with E-state index in [4.69, 9.17) is 31.3 Å². The van der Waals surface area contributed by atoms with E-state index in [1.54, 1.807) is 25.3 Å². The standard InChI is InChI=1S/C24H25ClN4O2.C2HF3O2/c1-28-13-15-4-3-5-17(20(15)14-28)23-18-8-10-29(11-9-21(18)26-27-23)24(30)19-7-6-16(25)12-22(19)31-2;3-2(4,5)1(6)7/h3-7,12H,8-11,13-14H2,1-2H3,(H,26,27);(H,6,7). The minimum atomic E-state index is -5.08. The molecule has 12 heteroatoms. The van der Waals surface area contributed by atoms with Crippen molar-refractivity contribution in [3.63, 3.8) is 0 Å². The Morgan fingerprint density at radius 1 is 1.11 bits per heavy atom. The number of carbonyl (C=O) groups is 2. The Labute approximate surface area is 222 Å². The van der Waals surface area contributed by atoms with Gasteiger partial charge in [0.15, 0.2) is 0 Å². The summed E-state index contributed by atoms with van der Waals surface area (Å²) >= 11 is 6.06. The first kappa shape index (κ1) is 27.5. The van der Waals surface area contributed by atoms with E-state index in [-0.39, 0.29) is 5.91 Å². The minimum absolute atomic E-state index is 0.0320. The molecule has 5 rings (SSSR count). The van der Waals surface area contributed by atoms with Crippen molar-refractivity contribution in [3.8, 4) is 17.0 Å². The normalized spacial score (nSPS) is 15.2. The summed E-state index contributed by atoms with van der Waals surface area (Å²) in [6.07, 6.45) is -3.57. The molecule has 2 aromatic carbocycles. The Kier molecular flexibility index (Phi) is 7.98. The number of aromatic nitrogens is 2. The molecule has 38 heavy (non-hydrogen) atoms. The number of alkyl halides is 3. The molecule has 1 amide bonds. The van der Waals surface area contributed by atoms with E-state index in [0.29, 0.717) is 29.4 Å². The number of amides is 1. The summed E-state index contributed by atoms with van der Waals surface area (Å²) in [5, 5.41) is 15.6. The number of carboxylic acids is 1. The first-order valence-electron chi connectivity index (χ1n) is 11.8. The molecule has 2 aliphatic rings. The number of aromatic amines is 1. The van der Waals surface area contributed by atoms with Gasteiger partial charge in [0.05, 0.1) is 18.4 Å². The van der Waals surface area contributed by atoms with Gasteiger partial charge >= 0.3 is 12.1 Å².